The van der Waals surface area contributed by atoms with E-state index in [1.807, 2.05) is 13.0 Å². The molecule has 0 unspecified atom stereocenters. The highest BCUT2D eigenvalue weighted by Gasteiger charge is 2.22. The van der Waals surface area contributed by atoms with E-state index in [1.54, 1.807) is 42.6 Å². The Morgan fingerprint density at radius 1 is 1.44 bits per heavy atom. The summed E-state index contributed by atoms with van der Waals surface area (Å²) in [5.74, 6) is 1.39. The minimum absolute atomic E-state index is 0.148. The molecule has 2 heterocycles. The molecule has 1 aromatic heterocycles. The third-order valence-corrected chi connectivity index (χ3v) is 4.16. The lowest BCUT2D eigenvalue weighted by atomic mass is 10.1. The predicted molar refractivity (Wildman–Crippen MR) is 91.7 cm³/mol. The number of nitrogens with one attached hydrogen (secondary N) is 1. The second kappa shape index (κ2) is 7.29. The van der Waals surface area contributed by atoms with Gasteiger partial charge in [-0.1, -0.05) is 0 Å². The quantitative estimate of drug-likeness (QED) is 0.894. The largest absolute Gasteiger partial charge is 0.508 e. The van der Waals surface area contributed by atoms with Crippen LogP contribution in [-0.2, 0) is 6.54 Å². The molecule has 1 aromatic carbocycles. The minimum atomic E-state index is -0.228. The van der Waals surface area contributed by atoms with Gasteiger partial charge in [-0.2, -0.15) is 0 Å². The number of rotatable bonds is 3. The molecule has 1 aliphatic rings. The maximum atomic E-state index is 12.7. The number of benzene rings is 1. The first-order valence-corrected chi connectivity index (χ1v) is 8.06. The summed E-state index contributed by atoms with van der Waals surface area (Å²) in [6.45, 7) is 3.15. The van der Waals surface area contributed by atoms with E-state index in [0.717, 1.165) is 11.1 Å². The van der Waals surface area contributed by atoms with Gasteiger partial charge < -0.3 is 24.8 Å². The maximum absolute atomic E-state index is 12.7. The van der Waals surface area contributed by atoms with Gasteiger partial charge >= 0.3 is 6.03 Å². The number of methoxy groups -OCH3 is 1. The lowest BCUT2D eigenvalue weighted by Crippen LogP contribution is -2.41. The van der Waals surface area contributed by atoms with Gasteiger partial charge in [-0.3, -0.25) is 4.98 Å². The average Bonchev–Trinajstić information content (AvgIpc) is 2.83. The van der Waals surface area contributed by atoms with Gasteiger partial charge in [-0.25, -0.2) is 4.79 Å². The van der Waals surface area contributed by atoms with Crippen molar-refractivity contribution in [1.29, 1.82) is 0 Å². The molecular formula is C18H21N3O4. The van der Waals surface area contributed by atoms with Crippen LogP contribution >= 0.6 is 0 Å². The highest BCUT2D eigenvalue weighted by molar-refractivity contribution is 5.75. The van der Waals surface area contributed by atoms with Crippen LogP contribution in [0.4, 0.5) is 4.79 Å². The molecule has 1 aliphatic heterocycles. The monoisotopic (exact) mass is 343 g/mol. The van der Waals surface area contributed by atoms with Crippen molar-refractivity contribution < 1.29 is 19.4 Å². The Morgan fingerprint density at radius 3 is 3.08 bits per heavy atom. The van der Waals surface area contributed by atoms with Crippen molar-refractivity contribution in [2.45, 2.75) is 19.5 Å². The predicted octanol–water partition coefficient (Wildman–Crippen LogP) is 2.46. The van der Waals surface area contributed by atoms with Crippen LogP contribution in [0.15, 0.2) is 36.7 Å². The third-order valence-electron chi connectivity index (χ3n) is 4.16. The molecule has 3 rings (SSSR count). The van der Waals surface area contributed by atoms with Crippen LogP contribution in [-0.4, -0.2) is 41.3 Å². The number of hydrogen-bond acceptors (Lipinski definition) is 5. The third kappa shape index (κ3) is 3.76. The summed E-state index contributed by atoms with van der Waals surface area (Å²) in [6, 6.07) is 6.35. The highest BCUT2D eigenvalue weighted by Crippen LogP contribution is 2.28. The topological polar surface area (TPSA) is 83.9 Å². The van der Waals surface area contributed by atoms with Crippen LogP contribution in [0, 0.1) is 0 Å². The number of urea groups is 1. The zero-order valence-corrected chi connectivity index (χ0v) is 14.2. The molecule has 0 aliphatic carbocycles. The van der Waals surface area contributed by atoms with Crippen LogP contribution < -0.4 is 14.8 Å². The summed E-state index contributed by atoms with van der Waals surface area (Å²) in [5, 5.41) is 12.5. The number of nitrogens with zero attached hydrogens (tertiary/aromatic N) is 2. The first-order valence-electron chi connectivity index (χ1n) is 8.06. The smallest absolute Gasteiger partial charge is 0.318 e. The fourth-order valence-electron chi connectivity index (χ4n) is 2.81. The van der Waals surface area contributed by atoms with Crippen molar-refractivity contribution in [1.82, 2.24) is 15.2 Å². The normalized spacial score (nSPS) is 14.7. The molecule has 0 radical (unpaired) electrons. The molecule has 2 aromatic rings. The molecule has 0 saturated carbocycles. The second-order valence-electron chi connectivity index (χ2n) is 5.85. The average molecular weight is 343 g/mol. The van der Waals surface area contributed by atoms with E-state index in [1.165, 1.54) is 0 Å². The fourth-order valence-corrected chi connectivity index (χ4v) is 2.81. The zero-order chi connectivity index (χ0) is 17.8. The van der Waals surface area contributed by atoms with E-state index < -0.39 is 0 Å². The van der Waals surface area contributed by atoms with Gasteiger partial charge in [0.1, 0.15) is 23.9 Å². The summed E-state index contributed by atoms with van der Waals surface area (Å²) < 4.78 is 10.9. The number of ether oxygens (including phenoxy) is 2. The minimum Gasteiger partial charge on any atom is -0.508 e. The Balaban J connectivity index is 1.71. The van der Waals surface area contributed by atoms with Crippen LogP contribution in [0.25, 0.3) is 0 Å². The SMILES string of the molecule is COc1cnccc1[C@@H](C)NC(=O)N1CCOc2cc(O)ccc2C1. The first-order chi connectivity index (χ1) is 12.1. The van der Waals surface area contributed by atoms with Crippen molar-refractivity contribution in [2.24, 2.45) is 0 Å². The molecule has 0 spiro atoms. The lowest BCUT2D eigenvalue weighted by Gasteiger charge is -2.24. The Kier molecular flexibility index (Phi) is 4.92. The molecule has 0 saturated heterocycles. The number of hydrogen-bond donors (Lipinski definition) is 2. The number of aromatic hydroxyl groups is 1. The summed E-state index contributed by atoms with van der Waals surface area (Å²) in [7, 11) is 1.58. The van der Waals surface area contributed by atoms with Gasteiger partial charge in [-0.15, -0.1) is 0 Å². The fraction of sp³-hybridized carbons (Fsp3) is 0.333. The molecule has 132 valence electrons. The van der Waals surface area contributed by atoms with Crippen molar-refractivity contribution in [3.63, 3.8) is 0 Å². The number of aromatic nitrogens is 1. The standard InChI is InChI=1S/C18H21N3O4/c1-12(15-5-6-19-10-17(15)24-2)20-18(23)21-7-8-25-16-9-14(22)4-3-13(16)11-21/h3-6,9-10,12,22H,7-8,11H2,1-2H3,(H,20,23)/t12-/m1/s1. The summed E-state index contributed by atoms with van der Waals surface area (Å²) in [4.78, 5) is 18.4. The molecule has 0 fully saturated rings. The Hall–Kier alpha value is -2.96. The summed E-state index contributed by atoms with van der Waals surface area (Å²) in [5.41, 5.74) is 1.72. The molecule has 7 nitrogen and oxygen atoms in total. The van der Waals surface area contributed by atoms with E-state index in [9.17, 15) is 9.90 Å². The van der Waals surface area contributed by atoms with Gasteiger partial charge in [0.25, 0.3) is 0 Å². The van der Waals surface area contributed by atoms with Crippen LogP contribution in [0.1, 0.15) is 24.1 Å². The van der Waals surface area contributed by atoms with Crippen molar-refractivity contribution in [2.75, 3.05) is 20.3 Å². The molecule has 2 N–H and O–H groups in total. The second-order valence-corrected chi connectivity index (χ2v) is 5.85. The van der Waals surface area contributed by atoms with Gasteiger partial charge in [0.05, 0.1) is 32.4 Å². The number of phenolic OH excluding ortho intramolecular Hbond substituents is 1. The number of phenols is 1. The summed E-state index contributed by atoms with van der Waals surface area (Å²) >= 11 is 0. The Bertz CT molecular complexity index is 766. The molecular weight excluding hydrogens is 322 g/mol. The first kappa shape index (κ1) is 16.9. The molecule has 2 amide bonds. The van der Waals surface area contributed by atoms with E-state index >= 15 is 0 Å². The van der Waals surface area contributed by atoms with Gasteiger partial charge in [-0.05, 0) is 25.1 Å². The van der Waals surface area contributed by atoms with E-state index in [2.05, 4.69) is 10.3 Å². The lowest BCUT2D eigenvalue weighted by molar-refractivity contribution is 0.184. The zero-order valence-electron chi connectivity index (χ0n) is 14.2. The highest BCUT2D eigenvalue weighted by atomic mass is 16.5. The van der Waals surface area contributed by atoms with Gasteiger partial charge in [0.15, 0.2) is 0 Å². The van der Waals surface area contributed by atoms with E-state index in [-0.39, 0.29) is 17.8 Å². The molecule has 25 heavy (non-hydrogen) atoms. The van der Waals surface area contributed by atoms with E-state index in [0.29, 0.717) is 31.2 Å². The Labute approximate surface area is 146 Å². The molecule has 7 heteroatoms. The van der Waals surface area contributed by atoms with Crippen LogP contribution in [0.5, 0.6) is 17.2 Å². The number of amides is 2. The number of carbonyl (C=O) groups is 1. The number of fused-ring (bicyclic) bond motifs is 1. The van der Waals surface area contributed by atoms with Crippen molar-refractivity contribution in [3.05, 3.63) is 47.8 Å². The van der Waals surface area contributed by atoms with Gasteiger partial charge in [0.2, 0.25) is 0 Å². The number of pyridine rings is 1. The van der Waals surface area contributed by atoms with Crippen LogP contribution in [0.3, 0.4) is 0 Å². The van der Waals surface area contributed by atoms with Crippen molar-refractivity contribution in [3.8, 4) is 17.2 Å². The number of carbonyl (C=O) groups excluding carboxylic acids is 1. The van der Waals surface area contributed by atoms with E-state index in [4.69, 9.17) is 9.47 Å². The summed E-state index contributed by atoms with van der Waals surface area (Å²) in [6.07, 6.45) is 3.30. The van der Waals surface area contributed by atoms with Gasteiger partial charge in [0, 0.05) is 23.4 Å². The maximum Gasteiger partial charge on any atom is 0.318 e. The molecule has 1 atom stereocenters. The van der Waals surface area contributed by atoms with Crippen LogP contribution in [0.2, 0.25) is 0 Å². The van der Waals surface area contributed by atoms with Crippen molar-refractivity contribution >= 4 is 6.03 Å². The Morgan fingerprint density at radius 2 is 2.28 bits per heavy atom. The molecule has 0 bridgehead atoms.